The minimum atomic E-state index is -0.316. The van der Waals surface area contributed by atoms with E-state index < -0.39 is 0 Å². The molecule has 1 atom stereocenters. The minimum absolute atomic E-state index is 0.316. The molecule has 1 aromatic rings. The zero-order chi connectivity index (χ0) is 15.7. The van der Waals surface area contributed by atoms with Gasteiger partial charge in [0.25, 0.3) is 0 Å². The van der Waals surface area contributed by atoms with Gasteiger partial charge in [0.05, 0.1) is 19.8 Å². The van der Waals surface area contributed by atoms with Crippen molar-refractivity contribution >= 4 is 15.9 Å². The smallest absolute Gasteiger partial charge is 0.165 e. The van der Waals surface area contributed by atoms with Crippen molar-refractivity contribution in [2.45, 2.75) is 26.5 Å². The van der Waals surface area contributed by atoms with Gasteiger partial charge in [-0.3, -0.25) is 0 Å². The summed E-state index contributed by atoms with van der Waals surface area (Å²) in [5.41, 5.74) is 1.05. The summed E-state index contributed by atoms with van der Waals surface area (Å²) in [4.78, 5) is 0. The van der Waals surface area contributed by atoms with E-state index in [0.717, 1.165) is 34.6 Å². The molecule has 0 amide bonds. The SMILES string of the molecule is CCOc1c(CNCCNCC(C)O)cc(Br)cc1OC. The molecule has 0 spiro atoms. The van der Waals surface area contributed by atoms with Gasteiger partial charge in [0.15, 0.2) is 11.5 Å². The van der Waals surface area contributed by atoms with Crippen LogP contribution in [0.5, 0.6) is 11.5 Å². The highest BCUT2D eigenvalue weighted by Crippen LogP contribution is 2.34. The van der Waals surface area contributed by atoms with Crippen molar-refractivity contribution in [1.82, 2.24) is 10.6 Å². The Balaban J connectivity index is 2.55. The van der Waals surface area contributed by atoms with Crippen LogP contribution in [0.4, 0.5) is 0 Å². The molecule has 1 rings (SSSR count). The number of ether oxygens (including phenoxy) is 2. The molecule has 0 aliphatic heterocycles. The largest absolute Gasteiger partial charge is 0.493 e. The molecule has 5 nitrogen and oxygen atoms in total. The van der Waals surface area contributed by atoms with E-state index >= 15 is 0 Å². The zero-order valence-corrected chi connectivity index (χ0v) is 14.5. The molecule has 0 aromatic heterocycles. The number of methoxy groups -OCH3 is 1. The van der Waals surface area contributed by atoms with Crippen molar-refractivity contribution in [2.75, 3.05) is 33.4 Å². The van der Waals surface area contributed by atoms with Gasteiger partial charge in [0, 0.05) is 36.2 Å². The van der Waals surface area contributed by atoms with Crippen molar-refractivity contribution in [3.05, 3.63) is 22.2 Å². The van der Waals surface area contributed by atoms with Gasteiger partial charge in [-0.05, 0) is 26.0 Å². The number of aliphatic hydroxyl groups is 1. The number of nitrogens with one attached hydrogen (secondary N) is 2. The number of aliphatic hydroxyl groups excluding tert-OH is 1. The van der Waals surface area contributed by atoms with E-state index in [1.54, 1.807) is 14.0 Å². The molecule has 120 valence electrons. The molecular formula is C15H25BrN2O3. The molecular weight excluding hydrogens is 336 g/mol. The molecule has 0 fully saturated rings. The second-order valence-electron chi connectivity index (χ2n) is 4.76. The highest BCUT2D eigenvalue weighted by molar-refractivity contribution is 9.10. The molecule has 3 N–H and O–H groups in total. The van der Waals surface area contributed by atoms with Crippen LogP contribution in [0.15, 0.2) is 16.6 Å². The molecule has 0 aliphatic rings. The van der Waals surface area contributed by atoms with E-state index in [1.165, 1.54) is 0 Å². The van der Waals surface area contributed by atoms with Crippen LogP contribution in [0.1, 0.15) is 19.4 Å². The van der Waals surface area contributed by atoms with Gasteiger partial charge in [0.1, 0.15) is 0 Å². The van der Waals surface area contributed by atoms with Crippen LogP contribution in [0, 0.1) is 0 Å². The Morgan fingerprint density at radius 1 is 1.29 bits per heavy atom. The Morgan fingerprint density at radius 3 is 2.62 bits per heavy atom. The van der Waals surface area contributed by atoms with Crippen LogP contribution in [-0.4, -0.2) is 44.6 Å². The number of halogens is 1. The molecule has 21 heavy (non-hydrogen) atoms. The van der Waals surface area contributed by atoms with E-state index in [-0.39, 0.29) is 6.10 Å². The lowest BCUT2D eigenvalue weighted by molar-refractivity contribution is 0.191. The molecule has 0 heterocycles. The third-order valence-electron chi connectivity index (χ3n) is 2.84. The third kappa shape index (κ3) is 6.65. The van der Waals surface area contributed by atoms with Crippen molar-refractivity contribution in [1.29, 1.82) is 0 Å². The molecule has 6 heteroatoms. The molecule has 0 saturated heterocycles. The highest BCUT2D eigenvalue weighted by Gasteiger charge is 2.12. The predicted octanol–water partition coefficient (Wildman–Crippen LogP) is 1.92. The molecule has 1 unspecified atom stereocenters. The summed E-state index contributed by atoms with van der Waals surface area (Å²) in [6, 6.07) is 3.93. The Bertz CT molecular complexity index is 428. The zero-order valence-electron chi connectivity index (χ0n) is 12.9. The first kappa shape index (κ1) is 18.2. The highest BCUT2D eigenvalue weighted by atomic mass is 79.9. The van der Waals surface area contributed by atoms with Crippen LogP contribution < -0.4 is 20.1 Å². The lowest BCUT2D eigenvalue weighted by atomic mass is 10.2. The summed E-state index contributed by atoms with van der Waals surface area (Å²) in [5.74, 6) is 1.52. The minimum Gasteiger partial charge on any atom is -0.493 e. The maximum absolute atomic E-state index is 9.15. The summed E-state index contributed by atoms with van der Waals surface area (Å²) < 4.78 is 12.0. The third-order valence-corrected chi connectivity index (χ3v) is 3.30. The van der Waals surface area contributed by atoms with E-state index in [9.17, 15) is 0 Å². The lowest BCUT2D eigenvalue weighted by Crippen LogP contribution is -2.31. The Labute approximate surface area is 135 Å². The molecule has 0 bridgehead atoms. The van der Waals surface area contributed by atoms with Crippen LogP contribution in [0.25, 0.3) is 0 Å². The fourth-order valence-corrected chi connectivity index (χ4v) is 2.41. The summed E-state index contributed by atoms with van der Waals surface area (Å²) in [6.45, 7) is 7.24. The topological polar surface area (TPSA) is 62.8 Å². The predicted molar refractivity (Wildman–Crippen MR) is 88.1 cm³/mol. The van der Waals surface area contributed by atoms with Gasteiger partial charge >= 0.3 is 0 Å². The van der Waals surface area contributed by atoms with Crippen molar-refractivity contribution in [2.24, 2.45) is 0 Å². The normalized spacial score (nSPS) is 12.2. The van der Waals surface area contributed by atoms with E-state index in [1.807, 2.05) is 19.1 Å². The van der Waals surface area contributed by atoms with Crippen LogP contribution in [0.2, 0.25) is 0 Å². The van der Waals surface area contributed by atoms with Gasteiger partial charge in [0.2, 0.25) is 0 Å². The number of benzene rings is 1. The first-order chi connectivity index (χ1) is 10.1. The first-order valence-corrected chi connectivity index (χ1v) is 7.96. The summed E-state index contributed by atoms with van der Waals surface area (Å²) >= 11 is 3.49. The Hall–Kier alpha value is -0.820. The van der Waals surface area contributed by atoms with Gasteiger partial charge in [-0.1, -0.05) is 15.9 Å². The van der Waals surface area contributed by atoms with Crippen molar-refractivity contribution in [3.8, 4) is 11.5 Å². The van der Waals surface area contributed by atoms with Gasteiger partial charge in [-0.2, -0.15) is 0 Å². The van der Waals surface area contributed by atoms with Crippen molar-refractivity contribution in [3.63, 3.8) is 0 Å². The number of rotatable bonds is 10. The molecule has 0 aliphatic carbocycles. The quantitative estimate of drug-likeness (QED) is 0.556. The van der Waals surface area contributed by atoms with E-state index in [0.29, 0.717) is 19.7 Å². The maximum Gasteiger partial charge on any atom is 0.165 e. The van der Waals surface area contributed by atoms with Gasteiger partial charge in [-0.25, -0.2) is 0 Å². The van der Waals surface area contributed by atoms with Crippen LogP contribution in [-0.2, 0) is 6.54 Å². The Morgan fingerprint density at radius 2 is 2.00 bits per heavy atom. The van der Waals surface area contributed by atoms with Crippen molar-refractivity contribution < 1.29 is 14.6 Å². The monoisotopic (exact) mass is 360 g/mol. The summed E-state index contributed by atoms with van der Waals surface area (Å²) in [7, 11) is 1.64. The summed E-state index contributed by atoms with van der Waals surface area (Å²) in [5, 5.41) is 15.7. The number of hydrogen-bond donors (Lipinski definition) is 3. The lowest BCUT2D eigenvalue weighted by Gasteiger charge is -2.15. The molecule has 0 radical (unpaired) electrons. The molecule has 0 saturated carbocycles. The molecule has 1 aromatic carbocycles. The Kier molecular flexibility index (Phi) is 8.68. The second-order valence-corrected chi connectivity index (χ2v) is 5.67. The van der Waals surface area contributed by atoms with Gasteiger partial charge < -0.3 is 25.2 Å². The van der Waals surface area contributed by atoms with Gasteiger partial charge in [-0.15, -0.1) is 0 Å². The number of hydrogen-bond acceptors (Lipinski definition) is 5. The fraction of sp³-hybridized carbons (Fsp3) is 0.600. The second kappa shape index (κ2) is 10.00. The maximum atomic E-state index is 9.15. The fourth-order valence-electron chi connectivity index (χ4n) is 1.92. The average Bonchev–Trinajstić information content (AvgIpc) is 2.44. The summed E-state index contributed by atoms with van der Waals surface area (Å²) in [6.07, 6.45) is -0.316. The van der Waals surface area contributed by atoms with E-state index in [4.69, 9.17) is 14.6 Å². The standard InChI is InChI=1S/C15H25BrN2O3/c1-4-21-15-12(7-13(16)8-14(15)20-3)10-18-6-5-17-9-11(2)19/h7-8,11,17-19H,4-6,9-10H2,1-3H3. The van der Waals surface area contributed by atoms with E-state index in [2.05, 4.69) is 26.6 Å². The average molecular weight is 361 g/mol. The first-order valence-electron chi connectivity index (χ1n) is 7.17. The van der Waals surface area contributed by atoms with Crippen LogP contribution in [0.3, 0.4) is 0 Å². The van der Waals surface area contributed by atoms with Crippen LogP contribution >= 0.6 is 15.9 Å².